The summed E-state index contributed by atoms with van der Waals surface area (Å²) in [6.07, 6.45) is 2.18. The van der Waals surface area contributed by atoms with Crippen molar-refractivity contribution in [3.05, 3.63) is 11.7 Å². The molecule has 0 atom stereocenters. The van der Waals surface area contributed by atoms with Crippen molar-refractivity contribution in [3.8, 4) is 0 Å². The Labute approximate surface area is 99.9 Å². The lowest BCUT2D eigenvalue weighted by atomic mass is 10.1. The normalized spacial score (nSPS) is 17.2. The minimum absolute atomic E-state index is 0.277. The van der Waals surface area contributed by atoms with Crippen molar-refractivity contribution in [2.75, 3.05) is 27.7 Å². The number of esters is 1. The van der Waals surface area contributed by atoms with Gasteiger partial charge in [0.15, 0.2) is 5.82 Å². The van der Waals surface area contributed by atoms with Crippen molar-refractivity contribution in [1.82, 2.24) is 15.0 Å². The average molecular weight is 239 g/mol. The van der Waals surface area contributed by atoms with E-state index in [0.717, 1.165) is 19.4 Å². The van der Waals surface area contributed by atoms with Crippen LogP contribution in [0.25, 0.3) is 0 Å². The highest BCUT2D eigenvalue weighted by Crippen LogP contribution is 2.48. The molecule has 1 fully saturated rings. The summed E-state index contributed by atoms with van der Waals surface area (Å²) < 4.78 is 9.93. The van der Waals surface area contributed by atoms with Crippen molar-refractivity contribution < 1.29 is 14.1 Å². The molecule has 1 heterocycles. The van der Waals surface area contributed by atoms with E-state index in [1.54, 1.807) is 0 Å². The molecule has 0 aromatic carbocycles. The predicted molar refractivity (Wildman–Crippen MR) is 59.5 cm³/mol. The number of methoxy groups -OCH3 is 1. The zero-order valence-electron chi connectivity index (χ0n) is 10.4. The number of hydrogen-bond acceptors (Lipinski definition) is 6. The SMILES string of the molecule is COC(=O)C1(c2nc(CCN(C)C)no2)CC1. The Morgan fingerprint density at radius 2 is 2.24 bits per heavy atom. The zero-order chi connectivity index (χ0) is 12.5. The fourth-order valence-corrected chi connectivity index (χ4v) is 1.70. The smallest absolute Gasteiger partial charge is 0.321 e. The summed E-state index contributed by atoms with van der Waals surface area (Å²) in [5.74, 6) is 0.766. The molecule has 0 unspecified atom stereocenters. The largest absolute Gasteiger partial charge is 0.468 e. The van der Waals surface area contributed by atoms with Gasteiger partial charge in [-0.2, -0.15) is 4.98 Å². The predicted octanol–water partition coefficient (Wildman–Crippen LogP) is 0.378. The minimum atomic E-state index is -0.655. The Morgan fingerprint density at radius 1 is 1.53 bits per heavy atom. The van der Waals surface area contributed by atoms with E-state index in [9.17, 15) is 4.79 Å². The van der Waals surface area contributed by atoms with E-state index in [1.807, 2.05) is 19.0 Å². The van der Waals surface area contributed by atoms with E-state index in [-0.39, 0.29) is 5.97 Å². The molecule has 0 bridgehead atoms. The standard InChI is InChI=1S/C11H17N3O3/c1-14(2)7-4-8-12-9(17-13-8)11(5-6-11)10(15)16-3/h4-7H2,1-3H3. The van der Waals surface area contributed by atoms with Gasteiger partial charge < -0.3 is 14.2 Å². The van der Waals surface area contributed by atoms with E-state index in [2.05, 4.69) is 10.1 Å². The first kappa shape index (κ1) is 12.0. The first-order valence-electron chi connectivity index (χ1n) is 5.65. The number of rotatable bonds is 5. The molecule has 1 aliphatic rings. The fourth-order valence-electron chi connectivity index (χ4n) is 1.70. The molecule has 6 heteroatoms. The fraction of sp³-hybridized carbons (Fsp3) is 0.727. The molecule has 1 aliphatic carbocycles. The monoisotopic (exact) mass is 239 g/mol. The summed E-state index contributed by atoms with van der Waals surface area (Å²) in [5, 5.41) is 3.89. The maximum absolute atomic E-state index is 11.6. The summed E-state index contributed by atoms with van der Waals surface area (Å²) in [5.41, 5.74) is -0.655. The number of ether oxygens (including phenoxy) is 1. The van der Waals surface area contributed by atoms with Gasteiger partial charge in [0, 0.05) is 13.0 Å². The van der Waals surface area contributed by atoms with E-state index >= 15 is 0 Å². The van der Waals surface area contributed by atoms with Crippen molar-refractivity contribution >= 4 is 5.97 Å². The molecule has 0 amide bonds. The van der Waals surface area contributed by atoms with E-state index in [1.165, 1.54) is 7.11 Å². The Hall–Kier alpha value is -1.43. The summed E-state index contributed by atoms with van der Waals surface area (Å²) in [6.45, 7) is 0.851. The quantitative estimate of drug-likeness (QED) is 0.692. The van der Waals surface area contributed by atoms with E-state index in [0.29, 0.717) is 18.1 Å². The molecule has 17 heavy (non-hydrogen) atoms. The Morgan fingerprint density at radius 3 is 2.76 bits per heavy atom. The number of likely N-dealkylation sites (N-methyl/N-ethyl adjacent to an activating group) is 1. The van der Waals surface area contributed by atoms with Crippen LogP contribution in [0, 0.1) is 0 Å². The summed E-state index contributed by atoms with van der Waals surface area (Å²) in [6, 6.07) is 0. The number of carbonyl (C=O) groups excluding carboxylic acids is 1. The van der Waals surface area contributed by atoms with Crippen LogP contribution >= 0.6 is 0 Å². The molecule has 1 aromatic heterocycles. The molecule has 0 aliphatic heterocycles. The van der Waals surface area contributed by atoms with Gasteiger partial charge in [-0.25, -0.2) is 0 Å². The third-order valence-corrected chi connectivity index (χ3v) is 2.99. The topological polar surface area (TPSA) is 68.5 Å². The van der Waals surface area contributed by atoms with Gasteiger partial charge >= 0.3 is 5.97 Å². The van der Waals surface area contributed by atoms with Crippen molar-refractivity contribution in [2.45, 2.75) is 24.7 Å². The van der Waals surface area contributed by atoms with Crippen LogP contribution < -0.4 is 0 Å². The zero-order valence-corrected chi connectivity index (χ0v) is 10.4. The van der Waals surface area contributed by atoms with Gasteiger partial charge in [-0.05, 0) is 26.9 Å². The minimum Gasteiger partial charge on any atom is -0.468 e. The highest BCUT2D eigenvalue weighted by molar-refractivity contribution is 5.85. The van der Waals surface area contributed by atoms with Crippen LogP contribution in [0.5, 0.6) is 0 Å². The summed E-state index contributed by atoms with van der Waals surface area (Å²) in [4.78, 5) is 17.9. The second kappa shape index (κ2) is 4.44. The molecule has 0 radical (unpaired) electrons. The van der Waals surface area contributed by atoms with E-state index < -0.39 is 5.41 Å². The Kier molecular flexibility index (Phi) is 3.15. The third kappa shape index (κ3) is 2.31. The van der Waals surface area contributed by atoms with Crippen molar-refractivity contribution in [1.29, 1.82) is 0 Å². The first-order valence-corrected chi connectivity index (χ1v) is 5.65. The molecule has 0 saturated heterocycles. The van der Waals surface area contributed by atoms with Crippen LogP contribution in [0.3, 0.4) is 0 Å². The second-order valence-corrected chi connectivity index (χ2v) is 4.64. The lowest BCUT2D eigenvalue weighted by Gasteiger charge is -2.06. The van der Waals surface area contributed by atoms with Crippen molar-refractivity contribution in [3.63, 3.8) is 0 Å². The van der Waals surface area contributed by atoms with Gasteiger partial charge in [-0.1, -0.05) is 5.16 Å². The Balaban J connectivity index is 2.06. The molecular formula is C11H17N3O3. The lowest BCUT2D eigenvalue weighted by molar-refractivity contribution is -0.144. The van der Waals surface area contributed by atoms with Crippen LogP contribution in [0.1, 0.15) is 24.6 Å². The second-order valence-electron chi connectivity index (χ2n) is 4.64. The van der Waals surface area contributed by atoms with Gasteiger partial charge in [-0.15, -0.1) is 0 Å². The summed E-state index contributed by atoms with van der Waals surface area (Å²) in [7, 11) is 5.35. The summed E-state index contributed by atoms with van der Waals surface area (Å²) >= 11 is 0. The van der Waals surface area contributed by atoms with Crippen LogP contribution in [0.2, 0.25) is 0 Å². The number of nitrogens with zero attached hydrogens (tertiary/aromatic N) is 3. The van der Waals surface area contributed by atoms with Gasteiger partial charge in [0.2, 0.25) is 5.89 Å². The van der Waals surface area contributed by atoms with Crippen molar-refractivity contribution in [2.24, 2.45) is 0 Å². The van der Waals surface area contributed by atoms with E-state index in [4.69, 9.17) is 9.26 Å². The third-order valence-electron chi connectivity index (χ3n) is 2.99. The molecule has 6 nitrogen and oxygen atoms in total. The number of carbonyl (C=O) groups is 1. The van der Waals surface area contributed by atoms with Gasteiger partial charge in [-0.3, -0.25) is 4.79 Å². The number of aromatic nitrogens is 2. The van der Waals surface area contributed by atoms with Crippen LogP contribution in [0.15, 0.2) is 4.52 Å². The maximum Gasteiger partial charge on any atom is 0.321 e. The molecule has 94 valence electrons. The highest BCUT2D eigenvalue weighted by atomic mass is 16.5. The highest BCUT2D eigenvalue weighted by Gasteiger charge is 2.57. The molecular weight excluding hydrogens is 222 g/mol. The maximum atomic E-state index is 11.6. The lowest BCUT2D eigenvalue weighted by Crippen LogP contribution is -2.22. The van der Waals surface area contributed by atoms with Crippen LogP contribution in [-0.4, -0.2) is 48.8 Å². The van der Waals surface area contributed by atoms with Crippen LogP contribution in [-0.2, 0) is 21.4 Å². The first-order chi connectivity index (χ1) is 8.08. The van der Waals surface area contributed by atoms with Crippen LogP contribution in [0.4, 0.5) is 0 Å². The molecule has 1 saturated carbocycles. The molecule has 0 spiro atoms. The van der Waals surface area contributed by atoms with Gasteiger partial charge in [0.05, 0.1) is 7.11 Å². The molecule has 0 N–H and O–H groups in total. The van der Waals surface area contributed by atoms with Gasteiger partial charge in [0.1, 0.15) is 5.41 Å². The van der Waals surface area contributed by atoms with Gasteiger partial charge in [0.25, 0.3) is 0 Å². The Bertz CT molecular complexity index is 410. The average Bonchev–Trinajstić information content (AvgIpc) is 2.98. The number of hydrogen-bond donors (Lipinski definition) is 0. The molecule has 2 rings (SSSR count). The molecule has 1 aromatic rings.